The second-order valence-electron chi connectivity index (χ2n) is 23.3. The van der Waals surface area contributed by atoms with Crippen molar-refractivity contribution in [3.8, 4) is 78.0 Å². The van der Waals surface area contributed by atoms with Crippen LogP contribution in [0.2, 0.25) is 0 Å². The monoisotopic (exact) mass is 973 g/mol. The van der Waals surface area contributed by atoms with E-state index in [0.29, 0.717) is 0 Å². The van der Waals surface area contributed by atoms with Gasteiger partial charge >= 0.3 is 0 Å². The largest absolute Gasteiger partial charge is 0.456 e. The number of aromatic nitrogens is 1. The highest BCUT2D eigenvalue weighted by atomic mass is 16.3. The van der Waals surface area contributed by atoms with Crippen LogP contribution in [0.25, 0.3) is 122 Å². The lowest BCUT2D eigenvalue weighted by Gasteiger charge is -2.20. The maximum absolute atomic E-state index is 6.79. The average molecular weight is 974 g/mol. The normalized spacial score (nSPS) is 12.2. The van der Waals surface area contributed by atoms with Crippen molar-refractivity contribution in [2.45, 2.75) is 74.1 Å². The zero-order chi connectivity index (χ0) is 51.6. The smallest absolute Gasteiger partial charge is 0.144 e. The Balaban J connectivity index is 0.998. The minimum Gasteiger partial charge on any atom is -0.456 e. The first kappa shape index (κ1) is 47.7. The molecule has 0 aliphatic heterocycles. The molecule has 9 aromatic carbocycles. The molecule has 0 saturated carbocycles. The maximum atomic E-state index is 6.79. The zero-order valence-electron chi connectivity index (χ0n) is 44.4. The fourth-order valence-corrected chi connectivity index (χ4v) is 11.4. The minimum absolute atomic E-state index is 0.204. The molecule has 0 amide bonds. The molecule has 3 heterocycles. The van der Waals surface area contributed by atoms with Gasteiger partial charge in [0, 0.05) is 38.9 Å². The molecule has 12 rings (SSSR count). The molecule has 0 saturated heterocycles. The Bertz CT molecular complexity index is 3970. The van der Waals surface area contributed by atoms with Crippen molar-refractivity contribution in [1.29, 1.82) is 0 Å². The van der Waals surface area contributed by atoms with Gasteiger partial charge < -0.3 is 8.83 Å². The Labute approximate surface area is 441 Å². The number of fused-ring (bicyclic) bond motifs is 6. The topological polar surface area (TPSA) is 39.2 Å². The number of benzene rings is 9. The van der Waals surface area contributed by atoms with Crippen molar-refractivity contribution in [1.82, 2.24) is 4.98 Å². The molecular weight excluding hydrogens is 911 g/mol. The Morgan fingerprint density at radius 1 is 0.360 bits per heavy atom. The lowest BCUT2D eigenvalue weighted by molar-refractivity contribution is 0.411. The summed E-state index contributed by atoms with van der Waals surface area (Å²) in [7, 11) is 0. The molecule has 3 nitrogen and oxygen atoms in total. The summed E-state index contributed by atoms with van der Waals surface area (Å²) >= 11 is 0. The van der Waals surface area contributed by atoms with Gasteiger partial charge in [-0.2, -0.15) is 0 Å². The second-order valence-corrected chi connectivity index (χ2v) is 23.3. The highest BCUT2D eigenvalue weighted by Crippen LogP contribution is 2.45. The summed E-state index contributed by atoms with van der Waals surface area (Å²) in [5.41, 5.74) is 23.7. The maximum Gasteiger partial charge on any atom is 0.144 e. The van der Waals surface area contributed by atoms with Gasteiger partial charge in [-0.15, -0.1) is 0 Å². The van der Waals surface area contributed by atoms with E-state index in [1.54, 1.807) is 0 Å². The van der Waals surface area contributed by atoms with E-state index in [1.165, 1.54) is 61.2 Å². The van der Waals surface area contributed by atoms with E-state index in [0.717, 1.165) is 90.2 Å². The van der Waals surface area contributed by atoms with Crippen LogP contribution in [0, 0.1) is 10.8 Å². The zero-order valence-corrected chi connectivity index (χ0v) is 44.4. The third kappa shape index (κ3) is 9.38. The predicted molar refractivity (Wildman–Crippen MR) is 317 cm³/mol. The molecule has 0 spiro atoms. The molecule has 0 atom stereocenters. The van der Waals surface area contributed by atoms with Crippen LogP contribution in [0.4, 0.5) is 0 Å². The summed E-state index contributed by atoms with van der Waals surface area (Å²) < 4.78 is 13.1. The van der Waals surface area contributed by atoms with Crippen LogP contribution in [-0.2, 0) is 12.8 Å². The van der Waals surface area contributed by atoms with Crippen molar-refractivity contribution in [3.63, 3.8) is 0 Å². The van der Waals surface area contributed by atoms with Crippen molar-refractivity contribution in [2.24, 2.45) is 10.8 Å². The van der Waals surface area contributed by atoms with Crippen molar-refractivity contribution < 1.29 is 8.83 Å². The quantitative estimate of drug-likeness (QED) is 0.137. The summed E-state index contributed by atoms with van der Waals surface area (Å²) in [6, 6.07) is 73.4. The van der Waals surface area contributed by atoms with Crippen LogP contribution in [0.5, 0.6) is 0 Å². The molecule has 0 fully saturated rings. The lowest BCUT2D eigenvalue weighted by atomic mass is 9.84. The van der Waals surface area contributed by atoms with Crippen LogP contribution >= 0.6 is 0 Å². The third-order valence-corrected chi connectivity index (χ3v) is 14.8. The Hall–Kier alpha value is -8.27. The summed E-state index contributed by atoms with van der Waals surface area (Å²) in [5.74, 6) is 0.204. The highest BCUT2D eigenvalue weighted by Gasteiger charge is 2.22. The number of rotatable bonds is 10. The first-order valence-electron chi connectivity index (χ1n) is 26.6. The molecule has 368 valence electrons. The van der Waals surface area contributed by atoms with Gasteiger partial charge in [0.25, 0.3) is 0 Å². The Morgan fingerprint density at radius 2 is 0.787 bits per heavy atom. The molecule has 0 aliphatic carbocycles. The van der Waals surface area contributed by atoms with E-state index >= 15 is 0 Å². The highest BCUT2D eigenvalue weighted by molar-refractivity contribution is 6.16. The van der Waals surface area contributed by atoms with Gasteiger partial charge in [0.05, 0.1) is 5.69 Å². The Kier molecular flexibility index (Phi) is 12.0. The van der Waals surface area contributed by atoms with Gasteiger partial charge in [0.2, 0.25) is 0 Å². The summed E-state index contributed by atoms with van der Waals surface area (Å²) in [5, 5.41) is 4.21. The van der Waals surface area contributed by atoms with Crippen LogP contribution in [0.3, 0.4) is 0 Å². The molecule has 3 heteroatoms. The van der Waals surface area contributed by atoms with Crippen LogP contribution in [0.1, 0.15) is 78.0 Å². The molecule has 75 heavy (non-hydrogen) atoms. The lowest BCUT2D eigenvalue weighted by Crippen LogP contribution is -2.08. The van der Waals surface area contributed by atoms with Crippen molar-refractivity contribution >= 4 is 43.9 Å². The predicted octanol–water partition coefficient (Wildman–Crippen LogP) is 20.9. The van der Waals surface area contributed by atoms with Crippen LogP contribution in [-0.4, -0.2) is 4.98 Å². The fraction of sp³-hybridized carbons (Fsp3) is 0.181. The van der Waals surface area contributed by atoms with E-state index in [1.807, 2.05) is 12.1 Å². The number of hydrogen-bond donors (Lipinski definition) is 0. The minimum atomic E-state index is 0.204. The molecule has 0 aliphatic rings. The third-order valence-electron chi connectivity index (χ3n) is 14.8. The van der Waals surface area contributed by atoms with Crippen LogP contribution < -0.4 is 0 Å². The summed E-state index contributed by atoms with van der Waals surface area (Å²) in [4.78, 5) is 5.30. The number of nitrogens with zero attached hydrogens (tertiary/aromatic N) is 1. The first-order chi connectivity index (χ1) is 36.2. The fourth-order valence-electron chi connectivity index (χ4n) is 11.4. The molecule has 0 bridgehead atoms. The molecule has 0 radical (unpaired) electrons. The van der Waals surface area contributed by atoms with Gasteiger partial charge in [-0.25, -0.2) is 0 Å². The van der Waals surface area contributed by atoms with Gasteiger partial charge in [-0.3, -0.25) is 4.98 Å². The molecular formula is C72H63NO2. The van der Waals surface area contributed by atoms with E-state index in [4.69, 9.17) is 13.8 Å². The standard InChI is InChI=1S/C72H63NO2/c1-45(2)62-39-66(61-26-17-25-60-64-41-68-63(40-69(64)75-70(60)61)59-24-15-16-27-67(59)74-68)73-44-65(62)58-23-14-13-22-57(58)52-37-50(55-20-11-9-18-53(55)48-32-28-46(29-33-48)42-71(3,4)5)36-51(38-52)56-21-12-10-19-54(56)49-34-30-47(31-35-49)43-72(6,7)8/h9-41,44-45H,42-43H2,1-8H3. The van der Waals surface area contributed by atoms with Gasteiger partial charge in [0.1, 0.15) is 22.3 Å². The molecule has 12 aromatic rings. The summed E-state index contributed by atoms with van der Waals surface area (Å²) in [6.07, 6.45) is 4.15. The van der Waals surface area contributed by atoms with Gasteiger partial charge in [-0.1, -0.05) is 207 Å². The Morgan fingerprint density at radius 3 is 1.31 bits per heavy atom. The number of hydrogen-bond acceptors (Lipinski definition) is 3. The van der Waals surface area contributed by atoms with Gasteiger partial charge in [-0.05, 0) is 156 Å². The van der Waals surface area contributed by atoms with Crippen molar-refractivity contribution in [2.75, 3.05) is 0 Å². The molecule has 0 unspecified atom stereocenters. The van der Waals surface area contributed by atoms with E-state index in [-0.39, 0.29) is 16.7 Å². The first-order valence-corrected chi connectivity index (χ1v) is 26.6. The van der Waals surface area contributed by atoms with Crippen molar-refractivity contribution in [3.05, 3.63) is 223 Å². The van der Waals surface area contributed by atoms with E-state index < -0.39 is 0 Å². The summed E-state index contributed by atoms with van der Waals surface area (Å²) in [6.45, 7) is 18.4. The van der Waals surface area contributed by atoms with Gasteiger partial charge in [0.15, 0.2) is 0 Å². The van der Waals surface area contributed by atoms with E-state index in [9.17, 15) is 0 Å². The van der Waals surface area contributed by atoms with E-state index in [2.05, 4.69) is 250 Å². The number of para-hydroxylation sites is 2. The second kappa shape index (κ2) is 18.9. The molecule has 3 aromatic heterocycles. The number of furan rings is 2. The number of pyridine rings is 1. The van der Waals surface area contributed by atoms with Crippen LogP contribution in [0.15, 0.2) is 215 Å². The molecule has 0 N–H and O–H groups in total. The SMILES string of the molecule is CC(C)c1cc(-c2cccc3c2oc2cc4c(cc23)oc2ccccc24)ncc1-c1ccccc1-c1cc(-c2ccccc2-c2ccc(CC(C)(C)C)cc2)cc(-c2ccccc2-c2ccc(CC(C)(C)C)cc2)c1. The average Bonchev–Trinajstić information content (AvgIpc) is 3.98.